The van der Waals surface area contributed by atoms with E-state index in [1.54, 1.807) is 34.6 Å². The maximum absolute atomic E-state index is 11.9. The monoisotopic (exact) mass is 286 g/mol. The van der Waals surface area contributed by atoms with E-state index in [1.807, 2.05) is 0 Å². The highest BCUT2D eigenvalue weighted by Crippen LogP contribution is 2.16. The second-order valence-electron chi connectivity index (χ2n) is 5.55. The van der Waals surface area contributed by atoms with Crippen molar-refractivity contribution in [1.29, 1.82) is 0 Å². The molecule has 1 aliphatic heterocycles. The van der Waals surface area contributed by atoms with Crippen molar-refractivity contribution in [2.24, 2.45) is 5.16 Å². The topological polar surface area (TPSA) is 86.2 Å². The van der Waals surface area contributed by atoms with Gasteiger partial charge in [0.1, 0.15) is 5.60 Å². The number of oxime groups is 1. The number of alkyl carbamates (subject to hydrolysis) is 1. The van der Waals surface area contributed by atoms with Crippen LogP contribution in [-0.4, -0.2) is 42.1 Å². The van der Waals surface area contributed by atoms with Gasteiger partial charge in [-0.1, -0.05) is 5.16 Å². The van der Waals surface area contributed by atoms with E-state index in [9.17, 15) is 9.59 Å². The summed E-state index contributed by atoms with van der Waals surface area (Å²) in [6.45, 7) is 8.93. The van der Waals surface area contributed by atoms with Crippen LogP contribution in [0.1, 0.15) is 41.0 Å². The largest absolute Gasteiger partial charge is 0.464 e. The first-order valence-electron chi connectivity index (χ1n) is 6.58. The van der Waals surface area contributed by atoms with E-state index in [1.165, 1.54) is 0 Å². The fourth-order valence-corrected chi connectivity index (χ4v) is 1.67. The Labute approximate surface area is 118 Å². The molecule has 1 amide bonds. The fourth-order valence-electron chi connectivity index (χ4n) is 1.67. The lowest BCUT2D eigenvalue weighted by atomic mass is 10.1. The Morgan fingerprint density at radius 2 is 2.15 bits per heavy atom. The first-order chi connectivity index (χ1) is 9.23. The molecule has 0 aromatic heterocycles. The molecule has 0 aromatic carbocycles. The van der Waals surface area contributed by atoms with Gasteiger partial charge in [0.05, 0.1) is 12.3 Å². The van der Waals surface area contributed by atoms with E-state index in [0.717, 1.165) is 5.71 Å². The van der Waals surface area contributed by atoms with Crippen molar-refractivity contribution in [3.63, 3.8) is 0 Å². The minimum absolute atomic E-state index is 0.220. The molecule has 1 N–H and O–H groups in total. The van der Waals surface area contributed by atoms with Crippen molar-refractivity contribution in [1.82, 2.24) is 5.32 Å². The van der Waals surface area contributed by atoms with Crippen LogP contribution in [0.2, 0.25) is 0 Å². The molecule has 0 aliphatic carbocycles. The molecule has 0 fully saturated rings. The molecule has 20 heavy (non-hydrogen) atoms. The first kappa shape index (κ1) is 16.3. The Kier molecular flexibility index (Phi) is 5.35. The van der Waals surface area contributed by atoms with Crippen molar-refractivity contribution >= 4 is 17.8 Å². The zero-order valence-corrected chi connectivity index (χ0v) is 12.6. The summed E-state index contributed by atoms with van der Waals surface area (Å²) in [5.74, 6) is -0.562. The number of nitrogens with zero attached hydrogens (tertiary/aromatic N) is 1. The standard InChI is InChI=1S/C13H22N2O5/c1-6-18-11(16)10(9-7-8(2)15-20-9)14-12(17)19-13(3,4)5/h9-10H,6-7H2,1-5H3,(H,14,17)/t9-,10-/m0/s1. The lowest BCUT2D eigenvalue weighted by Crippen LogP contribution is -2.50. The minimum atomic E-state index is -0.939. The van der Waals surface area contributed by atoms with Crippen LogP contribution < -0.4 is 5.32 Å². The number of rotatable bonds is 4. The maximum atomic E-state index is 11.9. The molecule has 0 aromatic rings. The summed E-state index contributed by atoms with van der Waals surface area (Å²) in [6.07, 6.45) is -0.801. The van der Waals surface area contributed by atoms with Crippen LogP contribution in [0.25, 0.3) is 0 Å². The minimum Gasteiger partial charge on any atom is -0.464 e. The van der Waals surface area contributed by atoms with Crippen LogP contribution in [-0.2, 0) is 19.1 Å². The molecule has 2 atom stereocenters. The molecule has 0 bridgehead atoms. The van der Waals surface area contributed by atoms with Crippen LogP contribution in [0, 0.1) is 0 Å². The molecule has 0 spiro atoms. The zero-order valence-electron chi connectivity index (χ0n) is 12.6. The molecule has 0 saturated heterocycles. The first-order valence-corrected chi connectivity index (χ1v) is 6.58. The van der Waals surface area contributed by atoms with Gasteiger partial charge in [-0.25, -0.2) is 9.59 Å². The number of carbonyl (C=O) groups is 2. The second-order valence-corrected chi connectivity index (χ2v) is 5.55. The van der Waals surface area contributed by atoms with E-state index in [4.69, 9.17) is 14.3 Å². The third-order valence-corrected chi connectivity index (χ3v) is 2.43. The number of carbonyl (C=O) groups excluding carboxylic acids is 2. The summed E-state index contributed by atoms with van der Waals surface area (Å²) in [6, 6.07) is -0.939. The van der Waals surface area contributed by atoms with Crippen molar-refractivity contribution in [3.05, 3.63) is 0 Å². The van der Waals surface area contributed by atoms with Crippen LogP contribution in [0.15, 0.2) is 5.16 Å². The summed E-state index contributed by atoms with van der Waals surface area (Å²) in [5.41, 5.74) is 0.113. The summed E-state index contributed by atoms with van der Waals surface area (Å²) in [7, 11) is 0. The van der Waals surface area contributed by atoms with Crippen LogP contribution >= 0.6 is 0 Å². The molecule has 0 radical (unpaired) electrons. The number of esters is 1. The normalized spacial score (nSPS) is 19.6. The van der Waals surface area contributed by atoms with Gasteiger partial charge in [0, 0.05) is 6.42 Å². The third kappa shape index (κ3) is 5.07. The van der Waals surface area contributed by atoms with Crippen molar-refractivity contribution in [2.75, 3.05) is 6.61 Å². The van der Waals surface area contributed by atoms with Crippen molar-refractivity contribution in [3.8, 4) is 0 Å². The number of ether oxygens (including phenoxy) is 2. The fraction of sp³-hybridized carbons (Fsp3) is 0.769. The highest BCUT2D eigenvalue weighted by atomic mass is 16.6. The van der Waals surface area contributed by atoms with Gasteiger partial charge in [-0.3, -0.25) is 0 Å². The van der Waals surface area contributed by atoms with Crippen molar-refractivity contribution < 1.29 is 23.9 Å². The van der Waals surface area contributed by atoms with Gasteiger partial charge in [0.25, 0.3) is 0 Å². The summed E-state index contributed by atoms with van der Waals surface area (Å²) >= 11 is 0. The lowest BCUT2D eigenvalue weighted by molar-refractivity contribution is -0.149. The summed E-state index contributed by atoms with van der Waals surface area (Å²) in [4.78, 5) is 28.8. The zero-order chi connectivity index (χ0) is 15.3. The van der Waals surface area contributed by atoms with Crippen LogP contribution in [0.3, 0.4) is 0 Å². The van der Waals surface area contributed by atoms with Crippen molar-refractivity contribution in [2.45, 2.75) is 58.8 Å². The molecule has 0 saturated carbocycles. The Bertz CT molecular complexity index is 400. The second kappa shape index (κ2) is 6.58. The molecule has 1 heterocycles. The van der Waals surface area contributed by atoms with Crippen LogP contribution in [0.4, 0.5) is 4.79 Å². The van der Waals surface area contributed by atoms with E-state index < -0.39 is 29.8 Å². The molecule has 7 heteroatoms. The average molecular weight is 286 g/mol. The molecule has 1 rings (SSSR count). The van der Waals surface area contributed by atoms with Gasteiger partial charge in [-0.05, 0) is 34.6 Å². The highest BCUT2D eigenvalue weighted by Gasteiger charge is 2.37. The Hall–Kier alpha value is -1.79. The van der Waals surface area contributed by atoms with E-state index in [0.29, 0.717) is 6.42 Å². The number of amides is 1. The summed E-state index contributed by atoms with van der Waals surface area (Å²) in [5, 5.41) is 6.27. The predicted molar refractivity (Wildman–Crippen MR) is 72.4 cm³/mol. The SMILES string of the molecule is CCOC(=O)[C@@H](NC(=O)OC(C)(C)C)[C@@H]1CC(C)=NO1. The molecular formula is C13H22N2O5. The quantitative estimate of drug-likeness (QED) is 0.793. The Morgan fingerprint density at radius 1 is 1.50 bits per heavy atom. The molecule has 0 unspecified atom stereocenters. The molecule has 7 nitrogen and oxygen atoms in total. The molecular weight excluding hydrogens is 264 g/mol. The number of hydrogen-bond acceptors (Lipinski definition) is 6. The Balaban J connectivity index is 2.68. The van der Waals surface area contributed by atoms with Gasteiger partial charge < -0.3 is 19.6 Å². The smallest absolute Gasteiger partial charge is 0.408 e. The highest BCUT2D eigenvalue weighted by molar-refractivity contribution is 5.86. The van der Waals surface area contributed by atoms with Gasteiger partial charge in [-0.15, -0.1) is 0 Å². The van der Waals surface area contributed by atoms with Gasteiger partial charge in [-0.2, -0.15) is 0 Å². The van der Waals surface area contributed by atoms with Gasteiger partial charge in [0.2, 0.25) is 0 Å². The number of nitrogens with one attached hydrogen (secondary N) is 1. The lowest BCUT2D eigenvalue weighted by Gasteiger charge is -2.24. The van der Waals surface area contributed by atoms with E-state index in [-0.39, 0.29) is 6.61 Å². The van der Waals surface area contributed by atoms with Gasteiger partial charge >= 0.3 is 12.1 Å². The molecule has 114 valence electrons. The van der Waals surface area contributed by atoms with E-state index >= 15 is 0 Å². The van der Waals surface area contributed by atoms with Gasteiger partial charge in [0.15, 0.2) is 12.1 Å². The third-order valence-electron chi connectivity index (χ3n) is 2.43. The average Bonchev–Trinajstić information content (AvgIpc) is 2.70. The number of hydrogen-bond donors (Lipinski definition) is 1. The maximum Gasteiger partial charge on any atom is 0.408 e. The summed E-state index contributed by atoms with van der Waals surface area (Å²) < 4.78 is 10.1. The van der Waals surface area contributed by atoms with Crippen LogP contribution in [0.5, 0.6) is 0 Å². The van der Waals surface area contributed by atoms with E-state index in [2.05, 4.69) is 10.5 Å². The predicted octanol–water partition coefficient (Wildman–Crippen LogP) is 1.61. The Morgan fingerprint density at radius 3 is 2.60 bits per heavy atom. The molecule has 1 aliphatic rings.